The summed E-state index contributed by atoms with van der Waals surface area (Å²) in [6, 6.07) is 22.8. The van der Waals surface area contributed by atoms with E-state index in [1.807, 2.05) is 0 Å². The number of benzene rings is 3. The molecule has 3 aromatic carbocycles. The minimum atomic E-state index is -6.94. The van der Waals surface area contributed by atoms with Gasteiger partial charge in [0.05, 0.1) is 16.2 Å². The first kappa shape index (κ1) is 27.6. The molecule has 0 aromatic heterocycles. The Bertz CT molecular complexity index is 1360. The van der Waals surface area contributed by atoms with Crippen molar-refractivity contribution in [2.24, 2.45) is 23.2 Å². The van der Waals surface area contributed by atoms with E-state index in [-0.39, 0.29) is 12.0 Å². The SMILES string of the molecule is O=C(OCC12CC3CC(CC(C3)C1)C2)C(F)(F)S(=O)([O-])(O[S+](c1ccccc1)c1ccccc1)c1ccccc1. The molecule has 4 saturated carbocycles. The van der Waals surface area contributed by atoms with Gasteiger partial charge >= 0.3 is 11.2 Å². The van der Waals surface area contributed by atoms with Gasteiger partial charge in [-0.05, 0) is 92.7 Å². The second-order valence-electron chi connectivity index (χ2n) is 11.6. The first-order chi connectivity index (χ1) is 19.1. The fraction of sp³-hybridized carbons (Fsp3) is 0.387. The zero-order valence-corrected chi connectivity index (χ0v) is 23.6. The molecule has 0 radical (unpaired) electrons. The Balaban J connectivity index is 1.36. The maximum Gasteiger partial charge on any atom is 0.414 e. The first-order valence-electron chi connectivity index (χ1n) is 13.6. The molecule has 4 aliphatic carbocycles. The van der Waals surface area contributed by atoms with Crippen molar-refractivity contribution in [3.05, 3.63) is 91.0 Å². The third kappa shape index (κ3) is 4.70. The Morgan fingerprint density at radius 1 is 0.825 bits per heavy atom. The van der Waals surface area contributed by atoms with Gasteiger partial charge in [-0.3, -0.25) is 4.21 Å². The number of esters is 1. The maximum atomic E-state index is 16.3. The van der Waals surface area contributed by atoms with Gasteiger partial charge in [0, 0.05) is 10.3 Å². The van der Waals surface area contributed by atoms with Crippen molar-refractivity contribution >= 4 is 26.8 Å². The summed E-state index contributed by atoms with van der Waals surface area (Å²) in [5.41, 5.74) is -0.355. The van der Waals surface area contributed by atoms with Crippen LogP contribution in [-0.4, -0.2) is 26.6 Å². The molecule has 0 aliphatic heterocycles. The summed E-state index contributed by atoms with van der Waals surface area (Å²) in [5, 5.41) is -4.99. The lowest BCUT2D eigenvalue weighted by Crippen LogP contribution is -2.58. The molecule has 9 heteroatoms. The topological polar surface area (TPSA) is 75.7 Å². The average Bonchev–Trinajstić information content (AvgIpc) is 2.95. The number of rotatable bonds is 9. The number of hydrogen-bond donors (Lipinski definition) is 0. The van der Waals surface area contributed by atoms with Gasteiger partial charge in [-0.1, -0.05) is 58.2 Å². The molecule has 0 spiro atoms. The van der Waals surface area contributed by atoms with Crippen LogP contribution in [0.15, 0.2) is 106 Å². The first-order valence-corrected chi connectivity index (χ1v) is 16.6. The van der Waals surface area contributed by atoms with E-state index in [9.17, 15) is 13.6 Å². The van der Waals surface area contributed by atoms with Crippen molar-refractivity contribution < 1.29 is 30.7 Å². The Morgan fingerprint density at radius 2 is 1.25 bits per heavy atom. The summed E-state index contributed by atoms with van der Waals surface area (Å²) in [7, 11) is -6.94. The van der Waals surface area contributed by atoms with E-state index in [0.29, 0.717) is 27.5 Å². The van der Waals surface area contributed by atoms with Gasteiger partial charge in [0.1, 0.15) is 0 Å². The summed E-state index contributed by atoms with van der Waals surface area (Å²) in [5.74, 6) is -0.528. The predicted octanol–water partition coefficient (Wildman–Crippen LogP) is 6.93. The van der Waals surface area contributed by atoms with Gasteiger partial charge in [-0.25, -0.2) is 4.79 Å². The molecule has 4 aliphatic rings. The van der Waals surface area contributed by atoms with Gasteiger partial charge in [-0.2, -0.15) is 8.78 Å². The van der Waals surface area contributed by atoms with Crippen molar-refractivity contribution in [2.45, 2.75) is 58.5 Å². The summed E-state index contributed by atoms with van der Waals surface area (Å²) < 4.78 is 72.6. The van der Waals surface area contributed by atoms with Crippen LogP contribution >= 0.6 is 0 Å². The second-order valence-corrected chi connectivity index (χ2v) is 16.2. The van der Waals surface area contributed by atoms with E-state index in [2.05, 4.69) is 0 Å². The average molecular weight is 587 g/mol. The van der Waals surface area contributed by atoms with Crippen molar-refractivity contribution in [3.63, 3.8) is 0 Å². The maximum absolute atomic E-state index is 16.3. The summed E-state index contributed by atoms with van der Waals surface area (Å²) >= 11 is -1.80. The zero-order chi connectivity index (χ0) is 28.0. The van der Waals surface area contributed by atoms with Crippen LogP contribution in [0.25, 0.3) is 0 Å². The highest BCUT2D eigenvalue weighted by Gasteiger charge is 2.65. The van der Waals surface area contributed by atoms with Crippen LogP contribution in [0, 0.1) is 23.2 Å². The van der Waals surface area contributed by atoms with Gasteiger partial charge in [0.15, 0.2) is 9.79 Å². The quantitative estimate of drug-likeness (QED) is 0.201. The minimum absolute atomic E-state index is 0.203. The second kappa shape index (κ2) is 10.0. The van der Waals surface area contributed by atoms with E-state index < -0.39 is 36.9 Å². The molecule has 0 saturated heterocycles. The highest BCUT2D eigenvalue weighted by atomic mass is 32.4. The van der Waals surface area contributed by atoms with Crippen LogP contribution in [-0.2, 0) is 34.0 Å². The third-order valence-corrected chi connectivity index (χ3v) is 13.7. The monoisotopic (exact) mass is 586 g/mol. The Hall–Kier alpha value is -2.59. The fourth-order valence-electron chi connectivity index (χ4n) is 7.22. The molecular formula is C31H32F2O5S2. The van der Waals surface area contributed by atoms with Crippen LogP contribution in [0.5, 0.6) is 0 Å². The van der Waals surface area contributed by atoms with Gasteiger partial charge in [-0.15, -0.1) is 0 Å². The molecule has 40 heavy (non-hydrogen) atoms. The number of sulfone groups is 1. The largest absolute Gasteiger partial charge is 0.757 e. The number of carbonyl (C=O) groups excluding carboxylic acids is 1. The van der Waals surface area contributed by atoms with Gasteiger partial charge in [0.2, 0.25) is 11.2 Å². The van der Waals surface area contributed by atoms with Gasteiger partial charge in [0.25, 0.3) is 0 Å². The van der Waals surface area contributed by atoms with Crippen molar-refractivity contribution in [2.75, 3.05) is 6.61 Å². The predicted molar refractivity (Wildman–Crippen MR) is 148 cm³/mol. The number of alkyl halides is 2. The molecule has 7 rings (SSSR count). The van der Waals surface area contributed by atoms with Crippen molar-refractivity contribution in [3.8, 4) is 0 Å². The number of halogens is 2. The fourth-order valence-corrected chi connectivity index (χ4v) is 11.8. The summed E-state index contributed by atoms with van der Waals surface area (Å²) in [6.45, 7) is -0.203. The molecular weight excluding hydrogens is 554 g/mol. The van der Waals surface area contributed by atoms with Crippen LogP contribution in [0.4, 0.5) is 8.78 Å². The smallest absolute Gasteiger partial charge is 0.414 e. The molecule has 0 unspecified atom stereocenters. The lowest BCUT2D eigenvalue weighted by molar-refractivity contribution is -0.173. The van der Waals surface area contributed by atoms with Crippen molar-refractivity contribution in [1.82, 2.24) is 0 Å². The molecule has 0 atom stereocenters. The number of carbonyl (C=O) groups is 1. The third-order valence-electron chi connectivity index (χ3n) is 8.61. The van der Waals surface area contributed by atoms with E-state index in [4.69, 9.17) is 8.37 Å². The Kier molecular flexibility index (Phi) is 6.93. The normalized spacial score (nSPS) is 26.8. The Morgan fingerprint density at radius 3 is 1.70 bits per heavy atom. The van der Waals surface area contributed by atoms with Crippen molar-refractivity contribution in [1.29, 1.82) is 0 Å². The highest BCUT2D eigenvalue weighted by molar-refractivity contribution is 8.18. The molecule has 3 aromatic rings. The standard InChI is InChI=1S/C31H32F2O5S2/c32-31(33,29(34)37-22-30-19-23-16-24(20-30)18-25(17-23)21-30)40(35,36,28-14-8-3-9-15-28)38-39(26-10-4-1-5-11-26)27-12-6-2-7-13-27/h1-15,23-25H,16-22H2. The lowest BCUT2D eigenvalue weighted by atomic mass is 9.50. The molecule has 212 valence electrons. The summed E-state index contributed by atoms with van der Waals surface area (Å²) in [4.78, 5) is 13.2. The minimum Gasteiger partial charge on any atom is -0.757 e. The zero-order valence-electron chi connectivity index (χ0n) is 22.0. The van der Waals surface area contributed by atoms with E-state index in [1.165, 1.54) is 18.2 Å². The van der Waals surface area contributed by atoms with E-state index in [0.717, 1.165) is 50.7 Å². The number of ether oxygens (including phenoxy) is 1. The van der Waals surface area contributed by atoms with Crippen LogP contribution in [0.3, 0.4) is 0 Å². The molecule has 4 fully saturated rings. The summed E-state index contributed by atoms with van der Waals surface area (Å²) in [6.07, 6.45) is 5.91. The molecule has 0 N–H and O–H groups in total. The number of hydrogen-bond acceptors (Lipinski definition) is 5. The van der Waals surface area contributed by atoms with Crippen LogP contribution in [0.1, 0.15) is 38.5 Å². The van der Waals surface area contributed by atoms with Gasteiger partial charge < -0.3 is 9.29 Å². The van der Waals surface area contributed by atoms with Crippen LogP contribution < -0.4 is 0 Å². The van der Waals surface area contributed by atoms with E-state index >= 15 is 8.78 Å². The Labute approximate surface area is 236 Å². The van der Waals surface area contributed by atoms with Crippen LogP contribution in [0.2, 0.25) is 0 Å². The molecule has 4 bridgehead atoms. The lowest BCUT2D eigenvalue weighted by Gasteiger charge is -2.56. The molecule has 0 heterocycles. The molecule has 5 nitrogen and oxygen atoms in total. The van der Waals surface area contributed by atoms with E-state index in [1.54, 1.807) is 60.7 Å². The highest BCUT2D eigenvalue weighted by Crippen LogP contribution is 2.60. The molecule has 0 amide bonds.